The van der Waals surface area contributed by atoms with Gasteiger partial charge in [0, 0.05) is 31.3 Å². The van der Waals surface area contributed by atoms with Crippen LogP contribution in [0.4, 0.5) is 0 Å². The van der Waals surface area contributed by atoms with E-state index in [0.717, 1.165) is 12.1 Å². The Morgan fingerprint density at radius 1 is 1.50 bits per heavy atom. The molecule has 2 N–H and O–H groups in total. The number of aromatic nitrogens is 1. The Labute approximate surface area is 81.6 Å². The van der Waals surface area contributed by atoms with Crippen molar-refractivity contribution in [3.63, 3.8) is 0 Å². The third kappa shape index (κ3) is 1.54. The van der Waals surface area contributed by atoms with Gasteiger partial charge >= 0.3 is 0 Å². The van der Waals surface area contributed by atoms with Crippen LogP contribution in [0.25, 0.3) is 0 Å². The topological polar surface area (TPSA) is 68.7 Å². The molecule has 1 aromatic heterocycles. The number of nitrogens with one attached hydrogen (secondary N) is 2. The predicted molar refractivity (Wildman–Crippen MR) is 51.8 cm³/mol. The molecular formula is C10H11N3O. The summed E-state index contributed by atoms with van der Waals surface area (Å²) < 4.78 is 0. The van der Waals surface area contributed by atoms with Crippen molar-refractivity contribution < 1.29 is 0 Å². The zero-order valence-electron chi connectivity index (χ0n) is 7.66. The van der Waals surface area contributed by atoms with E-state index in [4.69, 9.17) is 5.26 Å². The van der Waals surface area contributed by atoms with Crippen LogP contribution in [0.5, 0.6) is 0 Å². The molecular weight excluding hydrogens is 178 g/mol. The molecule has 1 saturated heterocycles. The van der Waals surface area contributed by atoms with Gasteiger partial charge in [-0.05, 0) is 11.6 Å². The Balaban J connectivity index is 2.31. The molecule has 0 saturated carbocycles. The van der Waals surface area contributed by atoms with Crippen molar-refractivity contribution in [2.24, 2.45) is 5.92 Å². The van der Waals surface area contributed by atoms with E-state index in [1.54, 1.807) is 12.3 Å². The predicted octanol–water partition coefficient (Wildman–Crippen LogP) is 0.201. The summed E-state index contributed by atoms with van der Waals surface area (Å²) in [5.74, 6) is 0.138. The molecule has 0 aliphatic carbocycles. The maximum atomic E-state index is 11.1. The van der Waals surface area contributed by atoms with Gasteiger partial charge in [-0.2, -0.15) is 5.26 Å². The molecule has 1 aromatic rings. The van der Waals surface area contributed by atoms with Crippen LogP contribution in [-0.4, -0.2) is 18.1 Å². The lowest BCUT2D eigenvalue weighted by atomic mass is 9.91. The summed E-state index contributed by atoms with van der Waals surface area (Å²) in [7, 11) is 0. The smallest absolute Gasteiger partial charge is 0.248 e. The summed E-state index contributed by atoms with van der Waals surface area (Å²) in [5, 5.41) is 12.0. The van der Waals surface area contributed by atoms with Gasteiger partial charge in [0.05, 0.1) is 12.0 Å². The van der Waals surface area contributed by atoms with E-state index < -0.39 is 0 Å². The van der Waals surface area contributed by atoms with Crippen LogP contribution in [0.15, 0.2) is 23.1 Å². The average molecular weight is 189 g/mol. The molecule has 1 aliphatic rings. The highest BCUT2D eigenvalue weighted by atomic mass is 16.1. The van der Waals surface area contributed by atoms with Crippen LogP contribution in [0.3, 0.4) is 0 Å². The van der Waals surface area contributed by atoms with Crippen LogP contribution in [0, 0.1) is 17.2 Å². The molecule has 0 spiro atoms. The monoisotopic (exact) mass is 189 g/mol. The summed E-state index contributed by atoms with van der Waals surface area (Å²) in [5.41, 5.74) is 0.844. The van der Waals surface area contributed by atoms with Gasteiger partial charge < -0.3 is 10.3 Å². The number of aromatic amines is 1. The third-order valence-corrected chi connectivity index (χ3v) is 2.61. The zero-order valence-corrected chi connectivity index (χ0v) is 7.66. The lowest BCUT2D eigenvalue weighted by Crippen LogP contribution is -2.12. The maximum absolute atomic E-state index is 11.1. The number of pyridine rings is 1. The molecule has 0 amide bonds. The number of hydrogen-bond acceptors (Lipinski definition) is 3. The van der Waals surface area contributed by atoms with Gasteiger partial charge in [0.15, 0.2) is 0 Å². The molecule has 1 aliphatic heterocycles. The Hall–Kier alpha value is -1.60. The first-order chi connectivity index (χ1) is 6.81. The second kappa shape index (κ2) is 3.64. The summed E-state index contributed by atoms with van der Waals surface area (Å²) in [6.07, 6.45) is 1.63. The van der Waals surface area contributed by atoms with Crippen molar-refractivity contribution in [3.8, 4) is 6.07 Å². The molecule has 4 nitrogen and oxygen atoms in total. The summed E-state index contributed by atoms with van der Waals surface area (Å²) in [6.45, 7) is 1.50. The average Bonchev–Trinajstić information content (AvgIpc) is 2.65. The molecule has 72 valence electrons. The van der Waals surface area contributed by atoms with E-state index in [0.29, 0.717) is 6.54 Å². The van der Waals surface area contributed by atoms with Crippen molar-refractivity contribution in [2.75, 3.05) is 13.1 Å². The van der Waals surface area contributed by atoms with Crippen LogP contribution in [-0.2, 0) is 0 Å². The van der Waals surface area contributed by atoms with E-state index >= 15 is 0 Å². The molecule has 2 atom stereocenters. The number of H-pyrrole nitrogens is 1. The van der Waals surface area contributed by atoms with Crippen molar-refractivity contribution >= 4 is 0 Å². The highest BCUT2D eigenvalue weighted by Gasteiger charge is 2.28. The SMILES string of the molecule is N#C[C@H]1CNCC1c1cc[nH]c(=O)c1. The van der Waals surface area contributed by atoms with Crippen LogP contribution >= 0.6 is 0 Å². The summed E-state index contributed by atoms with van der Waals surface area (Å²) in [4.78, 5) is 13.7. The normalized spacial score (nSPS) is 25.9. The third-order valence-electron chi connectivity index (χ3n) is 2.61. The molecule has 4 heteroatoms. The molecule has 1 fully saturated rings. The quantitative estimate of drug-likeness (QED) is 0.663. The highest BCUT2D eigenvalue weighted by molar-refractivity contribution is 5.22. The van der Waals surface area contributed by atoms with Crippen molar-refractivity contribution in [1.82, 2.24) is 10.3 Å². The first kappa shape index (κ1) is 8.97. The van der Waals surface area contributed by atoms with Gasteiger partial charge in [-0.1, -0.05) is 0 Å². The van der Waals surface area contributed by atoms with Gasteiger partial charge in [-0.25, -0.2) is 0 Å². The fraction of sp³-hybridized carbons (Fsp3) is 0.400. The zero-order chi connectivity index (χ0) is 9.97. The fourth-order valence-corrected chi connectivity index (χ4v) is 1.86. The largest absolute Gasteiger partial charge is 0.329 e. The van der Waals surface area contributed by atoms with E-state index in [1.807, 2.05) is 6.07 Å². The van der Waals surface area contributed by atoms with Crippen LogP contribution in [0.1, 0.15) is 11.5 Å². The highest BCUT2D eigenvalue weighted by Crippen LogP contribution is 2.26. The molecule has 0 aromatic carbocycles. The molecule has 2 heterocycles. The standard InChI is InChI=1S/C10H11N3O/c11-4-8-5-12-6-9(8)7-1-2-13-10(14)3-7/h1-3,8-9,12H,5-6H2,(H,13,14)/t8-,9?/m0/s1. The summed E-state index contributed by atoms with van der Waals surface area (Å²) >= 11 is 0. The van der Waals surface area contributed by atoms with Gasteiger partial charge in [0.2, 0.25) is 5.56 Å². The van der Waals surface area contributed by atoms with Gasteiger partial charge in [0.1, 0.15) is 0 Å². The van der Waals surface area contributed by atoms with E-state index in [9.17, 15) is 4.79 Å². The second-order valence-electron chi connectivity index (χ2n) is 3.49. The van der Waals surface area contributed by atoms with E-state index in [1.165, 1.54) is 0 Å². The Kier molecular flexibility index (Phi) is 2.33. The Bertz CT molecular complexity index is 418. The van der Waals surface area contributed by atoms with Gasteiger partial charge in [-0.15, -0.1) is 0 Å². The first-order valence-corrected chi connectivity index (χ1v) is 4.60. The number of rotatable bonds is 1. The first-order valence-electron chi connectivity index (χ1n) is 4.60. The minimum atomic E-state index is -0.105. The van der Waals surface area contributed by atoms with Crippen molar-refractivity contribution in [1.29, 1.82) is 5.26 Å². The van der Waals surface area contributed by atoms with E-state index in [2.05, 4.69) is 16.4 Å². The summed E-state index contributed by atoms with van der Waals surface area (Å²) in [6, 6.07) is 5.69. The van der Waals surface area contributed by atoms with Crippen LogP contribution < -0.4 is 10.9 Å². The maximum Gasteiger partial charge on any atom is 0.248 e. The molecule has 0 bridgehead atoms. The number of nitrogens with zero attached hydrogens (tertiary/aromatic N) is 1. The number of hydrogen-bond donors (Lipinski definition) is 2. The van der Waals surface area contributed by atoms with E-state index in [-0.39, 0.29) is 17.4 Å². The second-order valence-corrected chi connectivity index (χ2v) is 3.49. The minimum absolute atomic E-state index is 0.0169. The Morgan fingerprint density at radius 2 is 2.36 bits per heavy atom. The van der Waals surface area contributed by atoms with Crippen molar-refractivity contribution in [3.05, 3.63) is 34.2 Å². The number of nitriles is 1. The fourth-order valence-electron chi connectivity index (χ4n) is 1.86. The van der Waals surface area contributed by atoms with Gasteiger partial charge in [0.25, 0.3) is 0 Å². The Morgan fingerprint density at radius 3 is 3.07 bits per heavy atom. The lowest BCUT2D eigenvalue weighted by molar-refractivity contribution is 0.645. The molecule has 1 unspecified atom stereocenters. The molecule has 2 rings (SSSR count). The van der Waals surface area contributed by atoms with Gasteiger partial charge in [-0.3, -0.25) is 4.79 Å². The van der Waals surface area contributed by atoms with Crippen LogP contribution in [0.2, 0.25) is 0 Å². The minimum Gasteiger partial charge on any atom is -0.329 e. The molecule has 0 radical (unpaired) electrons. The lowest BCUT2D eigenvalue weighted by Gasteiger charge is -2.11. The van der Waals surface area contributed by atoms with Crippen molar-refractivity contribution in [2.45, 2.75) is 5.92 Å². The molecule has 14 heavy (non-hydrogen) atoms.